The highest BCUT2D eigenvalue weighted by atomic mass is 35.5. The minimum absolute atomic E-state index is 0.00349. The number of ether oxygens (including phenoxy) is 1. The molecule has 3 heterocycles. The van der Waals surface area contributed by atoms with Gasteiger partial charge in [0.25, 0.3) is 0 Å². The van der Waals surface area contributed by atoms with Gasteiger partial charge in [-0.15, -0.1) is 0 Å². The highest BCUT2D eigenvalue weighted by Crippen LogP contribution is 2.29. The number of nitrogens with zero attached hydrogens (tertiary/aromatic N) is 2. The maximum atomic E-state index is 13.1. The third-order valence-corrected chi connectivity index (χ3v) is 6.00. The van der Waals surface area contributed by atoms with Crippen LogP contribution in [0, 0.1) is 5.92 Å². The van der Waals surface area contributed by atoms with E-state index in [0.29, 0.717) is 36.0 Å². The van der Waals surface area contributed by atoms with E-state index in [4.69, 9.17) is 16.3 Å². The number of rotatable bonds is 5. The summed E-state index contributed by atoms with van der Waals surface area (Å²) < 4.78 is 5.30. The van der Waals surface area contributed by atoms with Crippen molar-refractivity contribution in [2.24, 2.45) is 5.92 Å². The number of benzene rings is 1. The fraction of sp³-hybridized carbons (Fsp3) is 0.409. The summed E-state index contributed by atoms with van der Waals surface area (Å²) in [4.78, 5) is 32.1. The van der Waals surface area contributed by atoms with Gasteiger partial charge in [-0.3, -0.25) is 14.6 Å². The topological polar surface area (TPSA) is 95.6 Å². The number of hydrazine groups is 1. The number of likely N-dealkylation sites (tertiary alicyclic amines) is 1. The van der Waals surface area contributed by atoms with Gasteiger partial charge in [-0.2, -0.15) is 0 Å². The van der Waals surface area contributed by atoms with E-state index >= 15 is 0 Å². The average molecular weight is 444 g/mol. The molecule has 9 heteroatoms. The van der Waals surface area contributed by atoms with Crippen molar-refractivity contribution < 1.29 is 14.3 Å². The molecule has 8 nitrogen and oxygen atoms in total. The Morgan fingerprint density at radius 2 is 2.13 bits per heavy atom. The van der Waals surface area contributed by atoms with Crippen LogP contribution < -0.4 is 20.9 Å². The molecule has 2 saturated heterocycles. The van der Waals surface area contributed by atoms with Gasteiger partial charge in [-0.25, -0.2) is 10.9 Å². The second-order valence-electron chi connectivity index (χ2n) is 7.84. The molecule has 0 spiro atoms. The molecule has 1 aromatic carbocycles. The van der Waals surface area contributed by atoms with Crippen molar-refractivity contribution in [3.8, 4) is 5.75 Å². The standard InChI is InChI=1S/C22H26ClN5O3/c1-31-20-8-7-15(23)11-18(20)25-21(29)14-5-4-10-28(13-14)22(30)19-12-17(26-27-19)16-6-2-3-9-24-16/h2-3,6-9,11,14,17,19,26-27H,4-5,10,12-13H2,1H3,(H,25,29). The van der Waals surface area contributed by atoms with Crippen LogP contribution in [0.3, 0.4) is 0 Å². The molecule has 0 saturated carbocycles. The van der Waals surface area contributed by atoms with Crippen LogP contribution in [-0.4, -0.2) is 47.9 Å². The number of hydrogen-bond donors (Lipinski definition) is 3. The number of carbonyl (C=O) groups is 2. The van der Waals surface area contributed by atoms with E-state index in [1.165, 1.54) is 0 Å². The summed E-state index contributed by atoms with van der Waals surface area (Å²) in [6.07, 6.45) is 3.86. The predicted octanol–water partition coefficient (Wildman–Crippen LogP) is 2.53. The first-order chi connectivity index (χ1) is 15.0. The SMILES string of the molecule is COc1ccc(Cl)cc1NC(=O)C1CCCN(C(=O)C2CC(c3ccccn3)NN2)C1. The summed E-state index contributed by atoms with van der Waals surface area (Å²) in [5.74, 6) is 0.122. The van der Waals surface area contributed by atoms with Crippen molar-refractivity contribution in [1.29, 1.82) is 0 Å². The van der Waals surface area contributed by atoms with Crippen LogP contribution in [0.25, 0.3) is 0 Å². The fourth-order valence-electron chi connectivity index (χ4n) is 4.12. The van der Waals surface area contributed by atoms with Crippen LogP contribution >= 0.6 is 11.6 Å². The zero-order chi connectivity index (χ0) is 21.8. The van der Waals surface area contributed by atoms with Crippen LogP contribution in [0.1, 0.15) is 31.0 Å². The lowest BCUT2D eigenvalue weighted by Gasteiger charge is -2.33. The van der Waals surface area contributed by atoms with Crippen molar-refractivity contribution >= 4 is 29.1 Å². The zero-order valence-corrected chi connectivity index (χ0v) is 18.1. The number of hydrogen-bond acceptors (Lipinski definition) is 6. The first-order valence-corrected chi connectivity index (χ1v) is 10.8. The molecule has 31 heavy (non-hydrogen) atoms. The minimum Gasteiger partial charge on any atom is -0.495 e. The van der Waals surface area contributed by atoms with Gasteiger partial charge in [0, 0.05) is 24.3 Å². The second kappa shape index (κ2) is 9.64. The maximum absolute atomic E-state index is 13.1. The lowest BCUT2D eigenvalue weighted by molar-refractivity contribution is -0.136. The first-order valence-electron chi connectivity index (χ1n) is 10.4. The summed E-state index contributed by atoms with van der Waals surface area (Å²) in [7, 11) is 1.54. The third kappa shape index (κ3) is 4.98. The number of piperidine rings is 1. The van der Waals surface area contributed by atoms with Gasteiger partial charge in [0.05, 0.1) is 30.5 Å². The monoisotopic (exact) mass is 443 g/mol. The highest BCUT2D eigenvalue weighted by Gasteiger charge is 2.36. The number of amides is 2. The summed E-state index contributed by atoms with van der Waals surface area (Å²) in [6.45, 7) is 1.04. The maximum Gasteiger partial charge on any atom is 0.241 e. The molecule has 2 fully saturated rings. The minimum atomic E-state index is -0.346. The van der Waals surface area contributed by atoms with E-state index in [1.54, 1.807) is 36.4 Å². The smallest absolute Gasteiger partial charge is 0.241 e. The van der Waals surface area contributed by atoms with E-state index in [2.05, 4.69) is 21.2 Å². The van der Waals surface area contributed by atoms with Gasteiger partial charge >= 0.3 is 0 Å². The van der Waals surface area contributed by atoms with Crippen molar-refractivity contribution in [3.05, 3.63) is 53.3 Å². The normalized spacial score (nSPS) is 23.4. The number of methoxy groups -OCH3 is 1. The zero-order valence-electron chi connectivity index (χ0n) is 17.3. The average Bonchev–Trinajstić information content (AvgIpc) is 3.30. The fourth-order valence-corrected chi connectivity index (χ4v) is 4.29. The largest absolute Gasteiger partial charge is 0.495 e. The molecule has 4 rings (SSSR count). The molecular weight excluding hydrogens is 418 g/mol. The van der Waals surface area contributed by atoms with Crippen molar-refractivity contribution in [2.45, 2.75) is 31.3 Å². The van der Waals surface area contributed by atoms with Crippen LogP contribution in [0.4, 0.5) is 5.69 Å². The Hall–Kier alpha value is -2.68. The number of nitrogens with one attached hydrogen (secondary N) is 3. The molecule has 3 unspecified atom stereocenters. The molecule has 1 aromatic heterocycles. The molecule has 164 valence electrons. The van der Waals surface area contributed by atoms with Gasteiger partial charge < -0.3 is 15.0 Å². The van der Waals surface area contributed by atoms with Crippen molar-refractivity contribution in [3.63, 3.8) is 0 Å². The lowest BCUT2D eigenvalue weighted by atomic mass is 9.95. The number of aromatic nitrogens is 1. The van der Waals surface area contributed by atoms with Gasteiger partial charge in [0.2, 0.25) is 11.8 Å². The van der Waals surface area contributed by atoms with E-state index in [-0.39, 0.29) is 29.8 Å². The first kappa shape index (κ1) is 21.5. The highest BCUT2D eigenvalue weighted by molar-refractivity contribution is 6.31. The third-order valence-electron chi connectivity index (χ3n) is 5.77. The van der Waals surface area contributed by atoms with E-state index in [1.807, 2.05) is 18.2 Å². The van der Waals surface area contributed by atoms with E-state index in [9.17, 15) is 9.59 Å². The summed E-state index contributed by atoms with van der Waals surface area (Å²) in [6, 6.07) is 10.5. The number of halogens is 1. The summed E-state index contributed by atoms with van der Waals surface area (Å²) >= 11 is 6.06. The number of carbonyl (C=O) groups excluding carboxylic acids is 2. The molecule has 2 aromatic rings. The van der Waals surface area contributed by atoms with E-state index < -0.39 is 0 Å². The van der Waals surface area contributed by atoms with Crippen molar-refractivity contribution in [1.82, 2.24) is 20.7 Å². The Morgan fingerprint density at radius 3 is 2.90 bits per heavy atom. The Balaban J connectivity index is 1.37. The molecule has 0 radical (unpaired) electrons. The lowest BCUT2D eigenvalue weighted by Crippen LogP contribution is -2.50. The molecule has 2 aliphatic heterocycles. The number of pyridine rings is 1. The van der Waals surface area contributed by atoms with Gasteiger partial charge in [-0.1, -0.05) is 17.7 Å². The molecule has 2 amide bonds. The molecular formula is C22H26ClN5O3. The second-order valence-corrected chi connectivity index (χ2v) is 8.28. The molecule has 0 aliphatic carbocycles. The summed E-state index contributed by atoms with van der Waals surface area (Å²) in [5.41, 5.74) is 7.69. The predicted molar refractivity (Wildman–Crippen MR) is 118 cm³/mol. The van der Waals surface area contributed by atoms with Crippen molar-refractivity contribution in [2.75, 3.05) is 25.5 Å². The van der Waals surface area contributed by atoms with Gasteiger partial charge in [-0.05, 0) is 49.6 Å². The molecule has 0 bridgehead atoms. The molecule has 2 aliphatic rings. The Labute approximate surface area is 186 Å². The Bertz CT molecular complexity index is 942. The van der Waals surface area contributed by atoms with Crippen LogP contribution in [0.2, 0.25) is 5.02 Å². The number of anilines is 1. The Kier molecular flexibility index (Phi) is 6.70. The summed E-state index contributed by atoms with van der Waals surface area (Å²) in [5, 5.41) is 3.42. The van der Waals surface area contributed by atoms with Crippen LogP contribution in [-0.2, 0) is 9.59 Å². The Morgan fingerprint density at radius 1 is 1.26 bits per heavy atom. The van der Waals surface area contributed by atoms with Gasteiger partial charge in [0.15, 0.2) is 0 Å². The molecule has 3 N–H and O–H groups in total. The van der Waals surface area contributed by atoms with Gasteiger partial charge in [0.1, 0.15) is 11.8 Å². The quantitative estimate of drug-likeness (QED) is 0.657. The molecule has 3 atom stereocenters. The van der Waals surface area contributed by atoms with Crippen LogP contribution in [0.5, 0.6) is 5.75 Å². The van der Waals surface area contributed by atoms with Crippen LogP contribution in [0.15, 0.2) is 42.6 Å². The van der Waals surface area contributed by atoms with E-state index in [0.717, 1.165) is 18.5 Å².